The predicted octanol–water partition coefficient (Wildman–Crippen LogP) is 3.56. The Kier molecular flexibility index (Phi) is 4.94. The van der Waals surface area contributed by atoms with E-state index in [1.54, 1.807) is 11.9 Å². The van der Waals surface area contributed by atoms with Crippen molar-refractivity contribution in [3.63, 3.8) is 0 Å². The normalized spacial score (nSPS) is 13.5. The van der Waals surface area contributed by atoms with Gasteiger partial charge in [-0.25, -0.2) is 0 Å². The van der Waals surface area contributed by atoms with Crippen LogP contribution in [0.3, 0.4) is 0 Å². The van der Waals surface area contributed by atoms with E-state index in [-0.39, 0.29) is 11.8 Å². The van der Waals surface area contributed by atoms with Crippen LogP contribution in [0.2, 0.25) is 0 Å². The Morgan fingerprint density at radius 1 is 1.12 bits per heavy atom. The monoisotopic (exact) mass is 322 g/mol. The minimum atomic E-state index is 0.0334. The van der Waals surface area contributed by atoms with Crippen LogP contribution in [-0.4, -0.2) is 18.9 Å². The summed E-state index contributed by atoms with van der Waals surface area (Å²) in [4.78, 5) is 25.5. The highest BCUT2D eigenvalue weighted by molar-refractivity contribution is 5.97. The summed E-state index contributed by atoms with van der Waals surface area (Å²) >= 11 is 0. The number of carbonyl (C=O) groups excluding carboxylic acids is 2. The van der Waals surface area contributed by atoms with E-state index in [0.717, 1.165) is 36.2 Å². The number of anilines is 2. The summed E-state index contributed by atoms with van der Waals surface area (Å²) in [6.45, 7) is 0. The Bertz CT molecular complexity index is 741. The third-order valence-electron chi connectivity index (χ3n) is 4.42. The zero-order chi connectivity index (χ0) is 16.9. The maximum atomic E-state index is 12.1. The van der Waals surface area contributed by atoms with Gasteiger partial charge in [0.15, 0.2) is 0 Å². The molecule has 0 spiro atoms. The van der Waals surface area contributed by atoms with Crippen LogP contribution in [0.1, 0.15) is 30.4 Å². The molecule has 1 N–H and O–H groups in total. The Morgan fingerprint density at radius 3 is 2.71 bits per heavy atom. The smallest absolute Gasteiger partial charge is 0.227 e. The zero-order valence-electron chi connectivity index (χ0n) is 13.9. The van der Waals surface area contributed by atoms with Crippen molar-refractivity contribution in [3.05, 3.63) is 59.7 Å². The van der Waals surface area contributed by atoms with Gasteiger partial charge in [0.25, 0.3) is 0 Å². The first kappa shape index (κ1) is 16.2. The fraction of sp³-hybridized carbons (Fsp3) is 0.300. The molecule has 0 unspecified atom stereocenters. The van der Waals surface area contributed by atoms with Gasteiger partial charge in [-0.2, -0.15) is 0 Å². The first-order chi connectivity index (χ1) is 11.6. The van der Waals surface area contributed by atoms with Crippen LogP contribution in [0.5, 0.6) is 0 Å². The van der Waals surface area contributed by atoms with Gasteiger partial charge in [-0.3, -0.25) is 9.59 Å². The van der Waals surface area contributed by atoms with Crippen LogP contribution >= 0.6 is 0 Å². The van der Waals surface area contributed by atoms with Gasteiger partial charge in [0.2, 0.25) is 11.8 Å². The second-order valence-electron chi connectivity index (χ2n) is 6.18. The molecule has 0 radical (unpaired) electrons. The lowest BCUT2D eigenvalue weighted by molar-refractivity contribution is -0.118. The maximum absolute atomic E-state index is 12.1. The van der Waals surface area contributed by atoms with E-state index in [9.17, 15) is 9.59 Å². The third-order valence-corrected chi connectivity index (χ3v) is 4.42. The Balaban J connectivity index is 1.54. The molecule has 1 aliphatic rings. The molecule has 1 aliphatic heterocycles. The van der Waals surface area contributed by atoms with Crippen molar-refractivity contribution in [3.8, 4) is 0 Å². The van der Waals surface area contributed by atoms with Crippen LogP contribution in [-0.2, 0) is 22.4 Å². The highest BCUT2D eigenvalue weighted by Crippen LogP contribution is 2.29. The molecule has 0 aliphatic carbocycles. The van der Waals surface area contributed by atoms with E-state index in [4.69, 9.17) is 0 Å². The number of hydrogen-bond acceptors (Lipinski definition) is 2. The van der Waals surface area contributed by atoms with Crippen molar-refractivity contribution < 1.29 is 9.59 Å². The Labute approximate surface area is 142 Å². The number of rotatable bonds is 5. The van der Waals surface area contributed by atoms with Gasteiger partial charge in [-0.05, 0) is 48.6 Å². The molecule has 3 rings (SSSR count). The molecule has 4 nitrogen and oxygen atoms in total. The Morgan fingerprint density at radius 2 is 1.92 bits per heavy atom. The summed E-state index contributed by atoms with van der Waals surface area (Å²) in [6.07, 6.45) is 3.50. The molecule has 0 bridgehead atoms. The first-order valence-electron chi connectivity index (χ1n) is 8.37. The van der Waals surface area contributed by atoms with Gasteiger partial charge in [0.1, 0.15) is 0 Å². The van der Waals surface area contributed by atoms with Gasteiger partial charge < -0.3 is 10.2 Å². The molecule has 24 heavy (non-hydrogen) atoms. The largest absolute Gasteiger partial charge is 0.326 e. The molecule has 1 heterocycles. The first-order valence-corrected chi connectivity index (χ1v) is 8.37. The zero-order valence-corrected chi connectivity index (χ0v) is 13.9. The van der Waals surface area contributed by atoms with Crippen LogP contribution < -0.4 is 10.2 Å². The van der Waals surface area contributed by atoms with Gasteiger partial charge in [-0.15, -0.1) is 0 Å². The van der Waals surface area contributed by atoms with Crippen molar-refractivity contribution in [2.45, 2.75) is 32.1 Å². The quantitative estimate of drug-likeness (QED) is 0.915. The standard InChI is InChI=1S/C20H22N2O2/c1-22-18-12-11-17(14-16(18)10-13-20(22)24)21-19(23)9-5-8-15-6-3-2-4-7-15/h2-4,6-7,11-12,14H,5,8-10,13H2,1H3,(H,21,23). The lowest BCUT2D eigenvalue weighted by Gasteiger charge is -2.26. The van der Waals surface area contributed by atoms with Crippen LogP contribution in [0.15, 0.2) is 48.5 Å². The number of nitrogens with zero attached hydrogens (tertiary/aromatic N) is 1. The van der Waals surface area contributed by atoms with Gasteiger partial charge >= 0.3 is 0 Å². The molecule has 124 valence electrons. The van der Waals surface area contributed by atoms with E-state index in [1.165, 1.54) is 5.56 Å². The minimum Gasteiger partial charge on any atom is -0.326 e. The Hall–Kier alpha value is -2.62. The number of fused-ring (bicyclic) bond motifs is 1. The van der Waals surface area contributed by atoms with Crippen molar-refractivity contribution >= 4 is 23.2 Å². The predicted molar refractivity (Wildman–Crippen MR) is 96.2 cm³/mol. The summed E-state index contributed by atoms with van der Waals surface area (Å²) in [5.41, 5.74) is 4.11. The molecular formula is C20H22N2O2. The van der Waals surface area contributed by atoms with Crippen LogP contribution in [0.4, 0.5) is 11.4 Å². The summed E-state index contributed by atoms with van der Waals surface area (Å²) < 4.78 is 0. The number of nitrogens with one attached hydrogen (secondary N) is 1. The van der Waals surface area contributed by atoms with E-state index >= 15 is 0 Å². The molecule has 0 saturated heterocycles. The van der Waals surface area contributed by atoms with Crippen molar-refractivity contribution in [2.75, 3.05) is 17.3 Å². The minimum absolute atomic E-state index is 0.0334. The van der Waals surface area contributed by atoms with Gasteiger partial charge in [-0.1, -0.05) is 30.3 Å². The molecule has 2 aromatic carbocycles. The maximum Gasteiger partial charge on any atom is 0.227 e. The highest BCUT2D eigenvalue weighted by atomic mass is 16.2. The molecule has 0 saturated carbocycles. The number of carbonyl (C=O) groups is 2. The van der Waals surface area contributed by atoms with Gasteiger partial charge in [0, 0.05) is 31.3 Å². The second kappa shape index (κ2) is 7.30. The van der Waals surface area contributed by atoms with E-state index in [0.29, 0.717) is 12.8 Å². The van der Waals surface area contributed by atoms with Crippen molar-refractivity contribution in [1.82, 2.24) is 0 Å². The fourth-order valence-electron chi connectivity index (χ4n) is 3.06. The number of aryl methyl sites for hydroxylation is 2. The summed E-state index contributed by atoms with van der Waals surface area (Å²) in [5.74, 6) is 0.173. The van der Waals surface area contributed by atoms with Crippen LogP contribution in [0.25, 0.3) is 0 Å². The average Bonchev–Trinajstić information content (AvgIpc) is 2.59. The third kappa shape index (κ3) is 3.82. The fourth-order valence-corrected chi connectivity index (χ4v) is 3.06. The molecule has 0 atom stereocenters. The average molecular weight is 322 g/mol. The number of amides is 2. The van der Waals surface area contributed by atoms with E-state index in [1.807, 2.05) is 36.4 Å². The SMILES string of the molecule is CN1C(=O)CCc2cc(NC(=O)CCCc3ccccc3)ccc21. The molecular weight excluding hydrogens is 300 g/mol. The summed E-state index contributed by atoms with van der Waals surface area (Å²) in [6, 6.07) is 16.0. The molecule has 0 aromatic heterocycles. The van der Waals surface area contributed by atoms with Crippen molar-refractivity contribution in [1.29, 1.82) is 0 Å². The summed E-state index contributed by atoms with van der Waals surface area (Å²) in [5, 5.41) is 2.96. The number of hydrogen-bond donors (Lipinski definition) is 1. The molecule has 2 aromatic rings. The lowest BCUT2D eigenvalue weighted by atomic mass is 10.0. The van der Waals surface area contributed by atoms with Gasteiger partial charge in [0.05, 0.1) is 0 Å². The topological polar surface area (TPSA) is 49.4 Å². The van der Waals surface area contributed by atoms with Crippen molar-refractivity contribution in [2.24, 2.45) is 0 Å². The van der Waals surface area contributed by atoms with E-state index < -0.39 is 0 Å². The van der Waals surface area contributed by atoms with E-state index in [2.05, 4.69) is 17.4 Å². The summed E-state index contributed by atoms with van der Waals surface area (Å²) in [7, 11) is 1.79. The highest BCUT2D eigenvalue weighted by Gasteiger charge is 2.20. The number of benzene rings is 2. The van der Waals surface area contributed by atoms with Crippen LogP contribution in [0, 0.1) is 0 Å². The second-order valence-corrected chi connectivity index (χ2v) is 6.18. The lowest BCUT2D eigenvalue weighted by Crippen LogP contribution is -2.31. The molecule has 4 heteroatoms. The molecule has 0 fully saturated rings. The molecule has 2 amide bonds.